The summed E-state index contributed by atoms with van der Waals surface area (Å²) in [6, 6.07) is 0. The largest absolute Gasteiger partial charge is 0.346 e. The first-order chi connectivity index (χ1) is 9.46. The number of ether oxygens (including phenoxy) is 2. The van der Waals surface area contributed by atoms with Crippen LogP contribution in [-0.4, -0.2) is 23.8 Å². The molecule has 4 saturated heterocycles. The van der Waals surface area contributed by atoms with Gasteiger partial charge < -0.3 is 9.47 Å². The van der Waals surface area contributed by atoms with Crippen molar-refractivity contribution in [2.45, 2.75) is 77.2 Å². The Morgan fingerprint density at radius 3 is 2.55 bits per heavy atom. The second kappa shape index (κ2) is 4.19. The van der Waals surface area contributed by atoms with Gasteiger partial charge in [0.1, 0.15) is 0 Å². The monoisotopic (exact) mass is 282 g/mol. The quantitative estimate of drug-likeness (QED) is 0.639. The minimum Gasteiger partial charge on any atom is -0.346 e. The number of rotatable bonds is 0. The topological polar surface area (TPSA) is 36.9 Å². The fourth-order valence-electron chi connectivity index (χ4n) is 5.08. The SMILES string of the molecule is CC1OC2O[C@]3(C)CCC4[C@H](C)CCC([C@H]1C)[C@@]24OO3. The van der Waals surface area contributed by atoms with E-state index in [2.05, 4.69) is 20.8 Å². The van der Waals surface area contributed by atoms with Crippen LogP contribution in [0.4, 0.5) is 0 Å². The van der Waals surface area contributed by atoms with E-state index in [0.29, 0.717) is 23.7 Å². The van der Waals surface area contributed by atoms with Gasteiger partial charge in [0, 0.05) is 12.3 Å². The summed E-state index contributed by atoms with van der Waals surface area (Å²) < 4.78 is 12.5. The van der Waals surface area contributed by atoms with Gasteiger partial charge in [0.2, 0.25) is 5.79 Å². The normalized spacial score (nSPS) is 61.8. The lowest BCUT2D eigenvalue weighted by Gasteiger charge is -2.60. The van der Waals surface area contributed by atoms with Crippen LogP contribution in [0.15, 0.2) is 0 Å². The Bertz CT molecular complexity index is 409. The molecule has 4 nitrogen and oxygen atoms in total. The van der Waals surface area contributed by atoms with E-state index in [4.69, 9.17) is 19.2 Å². The number of hydrogen-bond donors (Lipinski definition) is 0. The van der Waals surface area contributed by atoms with Crippen molar-refractivity contribution in [3.63, 3.8) is 0 Å². The lowest BCUT2D eigenvalue weighted by atomic mass is 9.57. The molecule has 2 bridgehead atoms. The highest BCUT2D eigenvalue weighted by atomic mass is 17.3. The maximum Gasteiger partial charge on any atom is 0.201 e. The molecule has 0 amide bonds. The van der Waals surface area contributed by atoms with Crippen molar-refractivity contribution in [1.29, 1.82) is 0 Å². The highest BCUT2D eigenvalue weighted by Crippen LogP contribution is 2.60. The third-order valence-electron chi connectivity index (χ3n) is 6.49. The maximum atomic E-state index is 6.23. The molecule has 114 valence electrons. The highest BCUT2D eigenvalue weighted by Gasteiger charge is 2.68. The van der Waals surface area contributed by atoms with Crippen molar-refractivity contribution >= 4 is 0 Å². The Labute approximate surface area is 121 Å². The third-order valence-corrected chi connectivity index (χ3v) is 6.49. The van der Waals surface area contributed by atoms with Crippen molar-refractivity contribution in [3.05, 3.63) is 0 Å². The van der Waals surface area contributed by atoms with Crippen molar-refractivity contribution in [1.82, 2.24) is 0 Å². The Morgan fingerprint density at radius 1 is 0.950 bits per heavy atom. The van der Waals surface area contributed by atoms with Gasteiger partial charge in [-0.1, -0.05) is 13.8 Å². The molecule has 4 unspecified atom stereocenters. The van der Waals surface area contributed by atoms with E-state index >= 15 is 0 Å². The van der Waals surface area contributed by atoms with E-state index in [1.165, 1.54) is 12.8 Å². The molecule has 4 aliphatic heterocycles. The molecule has 20 heavy (non-hydrogen) atoms. The van der Waals surface area contributed by atoms with Gasteiger partial charge in [-0.15, -0.1) is 0 Å². The summed E-state index contributed by atoms with van der Waals surface area (Å²) in [5, 5.41) is 0. The molecular weight excluding hydrogens is 256 g/mol. The van der Waals surface area contributed by atoms with Crippen LogP contribution < -0.4 is 0 Å². The molecule has 0 N–H and O–H groups in total. The molecule has 5 rings (SSSR count). The van der Waals surface area contributed by atoms with Gasteiger partial charge in [-0.3, -0.25) is 0 Å². The summed E-state index contributed by atoms with van der Waals surface area (Å²) in [5.41, 5.74) is -0.389. The van der Waals surface area contributed by atoms with Gasteiger partial charge in [0.15, 0.2) is 11.9 Å². The van der Waals surface area contributed by atoms with E-state index < -0.39 is 5.79 Å². The first-order valence-electron chi connectivity index (χ1n) is 8.16. The minimum absolute atomic E-state index is 0.219. The molecule has 0 radical (unpaired) electrons. The summed E-state index contributed by atoms with van der Waals surface area (Å²) in [5.74, 6) is 1.44. The minimum atomic E-state index is -0.641. The standard InChI is InChI=1S/C16H26O4/c1-9-5-6-13-10(2)11(3)17-14-16(13)12(9)7-8-15(4,18-14)19-20-16/h9-14H,5-8H2,1-4H3/t9-,10+,11?,12?,13?,14?,15+,16-/m1/s1. The smallest absolute Gasteiger partial charge is 0.201 e. The first kappa shape index (κ1) is 13.5. The fourth-order valence-corrected chi connectivity index (χ4v) is 5.08. The fraction of sp³-hybridized carbons (Fsp3) is 1.00. The molecule has 0 aromatic heterocycles. The van der Waals surface area contributed by atoms with E-state index in [9.17, 15) is 0 Å². The molecule has 0 aromatic carbocycles. The number of hydrogen-bond acceptors (Lipinski definition) is 4. The molecule has 8 atom stereocenters. The van der Waals surface area contributed by atoms with Crippen LogP contribution in [0.2, 0.25) is 0 Å². The maximum absolute atomic E-state index is 6.23. The zero-order chi connectivity index (χ0) is 14.1. The van der Waals surface area contributed by atoms with Crippen LogP contribution in [0.3, 0.4) is 0 Å². The molecule has 4 heteroatoms. The molecule has 1 saturated carbocycles. The van der Waals surface area contributed by atoms with Gasteiger partial charge >= 0.3 is 0 Å². The summed E-state index contributed by atoms with van der Waals surface area (Å²) in [4.78, 5) is 11.8. The van der Waals surface area contributed by atoms with Crippen LogP contribution in [0, 0.1) is 23.7 Å². The van der Waals surface area contributed by atoms with Crippen LogP contribution >= 0.6 is 0 Å². The highest BCUT2D eigenvalue weighted by molar-refractivity contribution is 5.09. The van der Waals surface area contributed by atoms with Gasteiger partial charge in [-0.2, -0.15) is 0 Å². The zero-order valence-electron chi connectivity index (χ0n) is 12.9. The molecule has 4 heterocycles. The molecule has 0 aromatic rings. The second-order valence-corrected chi connectivity index (χ2v) is 7.61. The predicted octanol–water partition coefficient (Wildman–Crippen LogP) is 3.26. The molecule has 5 aliphatic rings. The third kappa shape index (κ3) is 1.57. The van der Waals surface area contributed by atoms with Gasteiger partial charge in [0.05, 0.1) is 6.10 Å². The van der Waals surface area contributed by atoms with Crippen molar-refractivity contribution in [2.24, 2.45) is 23.7 Å². The van der Waals surface area contributed by atoms with Gasteiger partial charge in [-0.25, -0.2) is 9.78 Å². The van der Waals surface area contributed by atoms with Crippen molar-refractivity contribution in [2.75, 3.05) is 0 Å². The van der Waals surface area contributed by atoms with Crippen molar-refractivity contribution in [3.8, 4) is 0 Å². The Kier molecular flexibility index (Phi) is 2.83. The van der Waals surface area contributed by atoms with E-state index in [-0.39, 0.29) is 18.0 Å². The molecule has 5 fully saturated rings. The van der Waals surface area contributed by atoms with Crippen LogP contribution in [-0.2, 0) is 19.2 Å². The van der Waals surface area contributed by atoms with E-state index in [0.717, 1.165) is 12.8 Å². The summed E-state index contributed by atoms with van der Waals surface area (Å²) in [6.07, 6.45) is 4.41. The summed E-state index contributed by atoms with van der Waals surface area (Å²) in [6.45, 7) is 8.77. The van der Waals surface area contributed by atoms with Gasteiger partial charge in [-0.05, 0) is 50.9 Å². The van der Waals surface area contributed by atoms with E-state index in [1.807, 2.05) is 6.92 Å². The average Bonchev–Trinajstić information content (AvgIpc) is 2.63. The summed E-state index contributed by atoms with van der Waals surface area (Å²) >= 11 is 0. The lowest BCUT2D eigenvalue weighted by Crippen LogP contribution is -2.70. The predicted molar refractivity (Wildman–Crippen MR) is 72.5 cm³/mol. The van der Waals surface area contributed by atoms with Crippen molar-refractivity contribution < 1.29 is 19.2 Å². The Hall–Kier alpha value is -0.160. The summed E-state index contributed by atoms with van der Waals surface area (Å²) in [7, 11) is 0. The number of fused-ring (bicyclic) bond motifs is 2. The Morgan fingerprint density at radius 2 is 1.75 bits per heavy atom. The molecule has 1 spiro atoms. The molecule has 1 aliphatic carbocycles. The van der Waals surface area contributed by atoms with Gasteiger partial charge in [0.25, 0.3) is 0 Å². The van der Waals surface area contributed by atoms with Crippen LogP contribution in [0.1, 0.15) is 53.4 Å². The first-order valence-corrected chi connectivity index (χ1v) is 8.16. The Balaban J connectivity index is 1.82. The van der Waals surface area contributed by atoms with E-state index in [1.54, 1.807) is 0 Å². The zero-order valence-corrected chi connectivity index (χ0v) is 12.9. The lowest BCUT2D eigenvalue weighted by molar-refractivity contribution is -0.570. The van der Waals surface area contributed by atoms with Crippen LogP contribution in [0.5, 0.6) is 0 Å². The van der Waals surface area contributed by atoms with Crippen LogP contribution in [0.25, 0.3) is 0 Å². The average molecular weight is 282 g/mol. The molecular formula is C16H26O4. The second-order valence-electron chi connectivity index (χ2n) is 7.61.